The molecule has 0 saturated heterocycles. The zero-order valence-corrected chi connectivity index (χ0v) is 70.3. The zero-order valence-electron chi connectivity index (χ0n) is 70.3. The van der Waals surface area contributed by atoms with Crippen molar-refractivity contribution in [3.63, 3.8) is 0 Å². The summed E-state index contributed by atoms with van der Waals surface area (Å²) in [5, 5.41) is 7.44. The van der Waals surface area contributed by atoms with Crippen molar-refractivity contribution in [3.05, 3.63) is 492 Å². The third-order valence-electron chi connectivity index (χ3n) is 24.3. The maximum absolute atomic E-state index is 5.06. The lowest BCUT2D eigenvalue weighted by molar-refractivity contribution is 1.19. The van der Waals surface area contributed by atoms with E-state index in [4.69, 9.17) is 15.0 Å². The van der Waals surface area contributed by atoms with Crippen LogP contribution in [0.15, 0.2) is 492 Å². The number of rotatable bonds is 15. The van der Waals surface area contributed by atoms with Crippen LogP contribution in [0.2, 0.25) is 0 Å². The van der Waals surface area contributed by atoms with Gasteiger partial charge in [-0.3, -0.25) is 28.2 Å². The van der Waals surface area contributed by atoms with Gasteiger partial charge in [0.15, 0.2) is 0 Å². The lowest BCUT2D eigenvalue weighted by Gasteiger charge is -2.13. The molecule has 15 aromatic carbocycles. The van der Waals surface area contributed by atoms with Crippen molar-refractivity contribution < 1.29 is 0 Å². The Labute approximate surface area is 747 Å². The van der Waals surface area contributed by atoms with Crippen LogP contribution in [-0.4, -0.2) is 43.1 Å². The van der Waals surface area contributed by atoms with Gasteiger partial charge in [-0.25, -0.2) is 15.0 Å². The average Bonchev–Trinajstić information content (AvgIpc) is 1.77. The van der Waals surface area contributed by atoms with E-state index in [-0.39, 0.29) is 0 Å². The monoisotopic (exact) mass is 1650 g/mol. The lowest BCUT2D eigenvalue weighted by Crippen LogP contribution is -1.90. The van der Waals surface area contributed by atoms with Gasteiger partial charge in [0.1, 0.15) is 16.9 Å². The predicted octanol–water partition coefficient (Wildman–Crippen LogP) is 30.7. The molecule has 0 aliphatic heterocycles. The second kappa shape index (κ2) is 34.7. The van der Waals surface area contributed by atoms with E-state index < -0.39 is 0 Å². The summed E-state index contributed by atoms with van der Waals surface area (Å²) >= 11 is 0. The van der Waals surface area contributed by atoms with E-state index in [0.29, 0.717) is 0 Å². The second-order valence-electron chi connectivity index (χ2n) is 32.2. The van der Waals surface area contributed by atoms with Gasteiger partial charge in [-0.2, -0.15) is 0 Å². The van der Waals surface area contributed by atoms with Gasteiger partial charge in [-0.15, -0.1) is 0 Å². The minimum Gasteiger partial charge on any atom is -0.299 e. The number of nitrogens with zero attached hydrogens (tertiary/aromatic N) is 9. The first-order valence-electron chi connectivity index (χ1n) is 43.5. The second-order valence-corrected chi connectivity index (χ2v) is 32.2. The molecular weight excluding hydrogens is 1570 g/mol. The molecule has 0 atom stereocenters. The van der Waals surface area contributed by atoms with Gasteiger partial charge in [0.2, 0.25) is 0 Å². The Balaban J connectivity index is 0.000000114. The Bertz CT molecular complexity index is 7390. The molecule has 0 aliphatic rings. The average molecular weight is 1650 g/mol. The third-order valence-corrected chi connectivity index (χ3v) is 24.3. The third kappa shape index (κ3) is 15.7. The fourth-order valence-electron chi connectivity index (χ4n) is 18.0. The molecule has 0 amide bonds. The molecule has 9 heterocycles. The molecule has 0 spiro atoms. The van der Waals surface area contributed by atoms with E-state index in [1.165, 1.54) is 76.8 Å². The van der Waals surface area contributed by atoms with Gasteiger partial charge in [0, 0.05) is 94.1 Å². The molecule has 0 bridgehead atoms. The zero-order chi connectivity index (χ0) is 85.8. The van der Waals surface area contributed by atoms with Crippen LogP contribution < -0.4 is 0 Å². The minimum absolute atomic E-state index is 0.934. The first kappa shape index (κ1) is 77.6. The molecular formula is C120H81N9. The van der Waals surface area contributed by atoms with Gasteiger partial charge < -0.3 is 0 Å². The highest BCUT2D eigenvalue weighted by atomic mass is 15.0. The first-order chi connectivity index (χ1) is 63.9. The maximum atomic E-state index is 5.06. The standard InChI is InChI=1S/3C40H27N3/c1-2-12-31(13-3-1)40-39(42-38-18-7-9-24-43(38)40)30-21-19-28(20-22-30)32-25-33(27-34(26-32)37-17-6-8-23-41-37)36-16-10-14-29-11-4-5-15-35(29)36;1-2-11-31(12-3-1)40-39(42-38-17-6-7-23-43(38)40)30-20-18-28(19-21-30)33-24-34(32-14-9-22-41-27-32)26-35(25-33)37-16-8-13-29-10-4-5-15-36(29)37;1-2-10-32(11-3-1)40-39(42-38-15-6-7-24-43(38)40)31-18-16-28(17-19-31)33-25-34(29-20-22-41-23-21-29)27-35(26-33)37-14-8-12-30-9-4-5-13-36(30)37/h3*1-27H. The largest absolute Gasteiger partial charge is 0.299 e. The van der Waals surface area contributed by atoms with Crippen molar-refractivity contribution in [2.75, 3.05) is 0 Å². The quantitative estimate of drug-likeness (QED) is 0.102. The molecule has 9 heteroatoms. The Kier molecular flexibility index (Phi) is 20.9. The van der Waals surface area contributed by atoms with Gasteiger partial charge in [-0.05, 0) is 237 Å². The molecule has 606 valence electrons. The highest BCUT2D eigenvalue weighted by Gasteiger charge is 2.22. The van der Waals surface area contributed by atoms with Crippen molar-refractivity contribution >= 4 is 49.3 Å². The molecule has 24 rings (SSSR count). The molecule has 0 fully saturated rings. The van der Waals surface area contributed by atoms with Crippen molar-refractivity contribution in [2.45, 2.75) is 0 Å². The molecule has 0 saturated carbocycles. The van der Waals surface area contributed by atoms with Gasteiger partial charge in [0.25, 0.3) is 0 Å². The Hall–Kier alpha value is -17.4. The molecule has 0 radical (unpaired) electrons. The summed E-state index contributed by atoms with van der Waals surface area (Å²) in [6.45, 7) is 0. The Morgan fingerprint density at radius 1 is 0.171 bits per heavy atom. The highest BCUT2D eigenvalue weighted by molar-refractivity contribution is 6.02. The fraction of sp³-hybridized carbons (Fsp3) is 0. The summed E-state index contributed by atoms with van der Waals surface area (Å²) in [6, 6.07) is 157. The summed E-state index contributed by atoms with van der Waals surface area (Å²) in [7, 11) is 0. The van der Waals surface area contributed by atoms with Crippen LogP contribution in [0, 0.1) is 0 Å². The molecule has 0 unspecified atom stereocenters. The summed E-state index contributed by atoms with van der Waals surface area (Å²) in [4.78, 5) is 28.5. The van der Waals surface area contributed by atoms with E-state index in [0.717, 1.165) is 140 Å². The molecule has 9 nitrogen and oxygen atoms in total. The maximum Gasteiger partial charge on any atom is 0.137 e. The number of benzene rings is 15. The predicted molar refractivity (Wildman–Crippen MR) is 533 cm³/mol. The van der Waals surface area contributed by atoms with Crippen LogP contribution in [0.5, 0.6) is 0 Å². The van der Waals surface area contributed by atoms with Gasteiger partial charge in [-0.1, -0.05) is 322 Å². The summed E-state index contributed by atoms with van der Waals surface area (Å²) in [6.07, 6.45) is 15.6. The van der Waals surface area contributed by atoms with Crippen LogP contribution in [0.1, 0.15) is 0 Å². The van der Waals surface area contributed by atoms with Crippen molar-refractivity contribution in [3.8, 4) is 168 Å². The Morgan fingerprint density at radius 3 is 0.837 bits per heavy atom. The first-order valence-corrected chi connectivity index (χ1v) is 43.5. The van der Waals surface area contributed by atoms with Crippen LogP contribution in [-0.2, 0) is 0 Å². The normalized spacial score (nSPS) is 11.3. The van der Waals surface area contributed by atoms with E-state index in [9.17, 15) is 0 Å². The van der Waals surface area contributed by atoms with E-state index in [1.807, 2.05) is 85.6 Å². The highest BCUT2D eigenvalue weighted by Crippen LogP contribution is 2.44. The lowest BCUT2D eigenvalue weighted by atomic mass is 9.91. The van der Waals surface area contributed by atoms with Gasteiger partial charge in [0.05, 0.1) is 39.9 Å². The van der Waals surface area contributed by atoms with E-state index in [1.54, 1.807) is 0 Å². The number of aromatic nitrogens is 9. The van der Waals surface area contributed by atoms with Crippen LogP contribution in [0.3, 0.4) is 0 Å². The Morgan fingerprint density at radius 2 is 0.473 bits per heavy atom. The molecule has 0 aliphatic carbocycles. The molecule has 129 heavy (non-hydrogen) atoms. The fourth-order valence-corrected chi connectivity index (χ4v) is 18.0. The number of fused-ring (bicyclic) bond motifs is 6. The van der Waals surface area contributed by atoms with Gasteiger partial charge >= 0.3 is 0 Å². The molecule has 24 aromatic rings. The number of imidazole rings is 3. The van der Waals surface area contributed by atoms with Crippen LogP contribution in [0.4, 0.5) is 0 Å². The van der Waals surface area contributed by atoms with Crippen LogP contribution in [0.25, 0.3) is 217 Å². The van der Waals surface area contributed by atoms with E-state index >= 15 is 0 Å². The summed E-state index contributed by atoms with van der Waals surface area (Å²) in [5.41, 5.74) is 36.5. The van der Waals surface area contributed by atoms with Crippen molar-refractivity contribution in [2.24, 2.45) is 0 Å². The smallest absolute Gasteiger partial charge is 0.137 e. The molecule has 9 aromatic heterocycles. The number of hydrogen-bond acceptors (Lipinski definition) is 6. The van der Waals surface area contributed by atoms with E-state index in [2.05, 4.69) is 435 Å². The number of pyridine rings is 6. The topological polar surface area (TPSA) is 90.6 Å². The van der Waals surface area contributed by atoms with Crippen LogP contribution >= 0.6 is 0 Å². The summed E-state index contributed by atoms with van der Waals surface area (Å²) < 4.78 is 6.52. The number of hydrogen-bond donors (Lipinski definition) is 0. The van der Waals surface area contributed by atoms with Crippen molar-refractivity contribution in [1.29, 1.82) is 0 Å². The minimum atomic E-state index is 0.934. The van der Waals surface area contributed by atoms with Crippen molar-refractivity contribution in [1.82, 2.24) is 43.1 Å². The SMILES string of the molecule is c1ccc(-c2c(-c3ccc(-c4cc(-c5ccccn5)cc(-c5cccc6ccccc56)c4)cc3)nc3ccccn23)cc1.c1ccc(-c2c(-c3ccc(-c4cc(-c5cccnc5)cc(-c5cccc6ccccc56)c4)cc3)nc3ccccn23)cc1.c1ccc(-c2c(-c3ccc(-c4cc(-c5ccncc5)cc(-c5cccc6ccccc56)c4)cc3)nc3ccccn23)cc1. The molecule has 0 N–H and O–H groups in total. The summed E-state index contributed by atoms with van der Waals surface area (Å²) in [5.74, 6) is 0.